The molecule has 0 fully saturated rings. The Hall–Kier alpha value is -2.28. The first-order valence-electron chi connectivity index (χ1n) is 13.9. The van der Waals surface area contributed by atoms with Crippen molar-refractivity contribution in [2.24, 2.45) is 0 Å². The topological polar surface area (TPSA) is 9.23 Å². The first-order chi connectivity index (χ1) is 20.2. The number of fused-ring (bicyclic) bond motifs is 2. The van der Waals surface area contributed by atoms with Gasteiger partial charge in [-0.05, 0) is 0 Å². The van der Waals surface area contributed by atoms with Gasteiger partial charge in [-0.25, -0.2) is 0 Å². The summed E-state index contributed by atoms with van der Waals surface area (Å²) in [7, 11) is 0. The van der Waals surface area contributed by atoms with Gasteiger partial charge in [0.2, 0.25) is 0 Å². The van der Waals surface area contributed by atoms with Crippen molar-refractivity contribution >= 4 is 43.9 Å². The predicted octanol–water partition coefficient (Wildman–Crippen LogP) is 9.66. The van der Waals surface area contributed by atoms with Crippen molar-refractivity contribution in [1.29, 1.82) is 0 Å². The van der Waals surface area contributed by atoms with E-state index in [2.05, 4.69) is 0 Å². The molecule has 1 heterocycles. The predicted molar refractivity (Wildman–Crippen MR) is 162 cm³/mol. The van der Waals surface area contributed by atoms with Crippen LogP contribution in [-0.2, 0) is 5.41 Å². The third-order valence-corrected chi connectivity index (χ3v) is 19.2. The van der Waals surface area contributed by atoms with Gasteiger partial charge >= 0.3 is 260 Å². The molecule has 0 spiro atoms. The van der Waals surface area contributed by atoms with Gasteiger partial charge in [-0.2, -0.15) is 0 Å². The van der Waals surface area contributed by atoms with Gasteiger partial charge in [-0.15, -0.1) is 0 Å². The van der Waals surface area contributed by atoms with Crippen molar-refractivity contribution in [2.45, 2.75) is 48.9 Å². The molecule has 5 rings (SSSR count). The summed E-state index contributed by atoms with van der Waals surface area (Å²) < 4.78 is 129. The monoisotopic (exact) mass is 834 g/mol. The van der Waals surface area contributed by atoms with E-state index in [0.717, 1.165) is 0 Å². The zero-order valence-electron chi connectivity index (χ0n) is 25.4. The Morgan fingerprint density at radius 2 is 0.773 bits per heavy atom. The van der Waals surface area contributed by atoms with Gasteiger partial charge in [-0.1, -0.05) is 0 Å². The second kappa shape index (κ2) is 10.9. The van der Waals surface area contributed by atoms with Crippen molar-refractivity contribution in [1.82, 2.24) is 0 Å². The van der Waals surface area contributed by atoms with Crippen LogP contribution in [0.5, 0.6) is 11.5 Å². The SMILES string of the molecule is CC1(C)c2cccc(-c3c(F)c(F)[c]([Sn]([CH3])([CH3])[CH3])c(F)c3F)c2Oc2c(-c3c(F)c(F)[c]([Sn]([CH3])([CH3])[CH3])c(F)c3F)cccc21. The molecule has 4 aromatic rings. The van der Waals surface area contributed by atoms with Gasteiger partial charge in [0.05, 0.1) is 0 Å². The van der Waals surface area contributed by atoms with Crippen LogP contribution < -0.4 is 11.9 Å². The van der Waals surface area contributed by atoms with E-state index in [0.29, 0.717) is 11.1 Å². The maximum atomic E-state index is 15.7. The van der Waals surface area contributed by atoms with E-state index in [9.17, 15) is 0 Å². The number of hydrogen-bond donors (Lipinski definition) is 0. The first-order valence-corrected chi connectivity index (χ1v) is 33.9. The second-order valence-electron chi connectivity index (χ2n) is 13.6. The summed E-state index contributed by atoms with van der Waals surface area (Å²) >= 11 is -7.40. The van der Waals surface area contributed by atoms with Crippen molar-refractivity contribution in [3.05, 3.63) is 94.1 Å². The van der Waals surface area contributed by atoms with Crippen LogP contribution in [0.2, 0.25) is 29.6 Å². The maximum absolute atomic E-state index is 15.7. The standard InChI is InChI=1S/C27H12F8O.6CH3.2Sn/c1-27(2)13-7-3-5-11(19-21(32)15(28)9-16(29)22(19)33)25(13)36-26-12(6-4-8-14(26)27)20-23(34)17(30)10-18(31)24(20)35;;;;;;;;/h3-8H,1-2H3;6*1H3;;. The number of halogens is 8. The van der Waals surface area contributed by atoms with Crippen molar-refractivity contribution in [2.75, 3.05) is 0 Å². The molecule has 1 nitrogen and oxygen atoms in total. The third kappa shape index (κ3) is 4.95. The fraction of sp³-hybridized carbons (Fsp3) is 0.273. The van der Waals surface area contributed by atoms with Gasteiger partial charge in [-0.3, -0.25) is 0 Å². The summed E-state index contributed by atoms with van der Waals surface area (Å²) in [6.45, 7) is 3.41. The van der Waals surface area contributed by atoms with Crippen LogP contribution in [0.25, 0.3) is 22.3 Å². The molecule has 232 valence electrons. The Bertz CT molecular complexity index is 1680. The molecule has 0 N–H and O–H groups in total. The third-order valence-electron chi connectivity index (χ3n) is 8.15. The van der Waals surface area contributed by atoms with Crippen molar-refractivity contribution < 1.29 is 39.9 Å². The van der Waals surface area contributed by atoms with Crippen LogP contribution >= 0.6 is 0 Å². The Labute approximate surface area is 259 Å². The Morgan fingerprint density at radius 1 is 0.477 bits per heavy atom. The van der Waals surface area contributed by atoms with Gasteiger partial charge in [0.25, 0.3) is 0 Å². The summed E-state index contributed by atoms with van der Waals surface area (Å²) in [6, 6.07) is 8.50. The number of rotatable bonds is 4. The molecule has 1 aliphatic heterocycles. The average molecular weight is 832 g/mol. The number of para-hydroxylation sites is 2. The van der Waals surface area contributed by atoms with Gasteiger partial charge in [0.15, 0.2) is 0 Å². The Kier molecular flexibility index (Phi) is 8.21. The number of ether oxygens (including phenoxy) is 1. The van der Waals surface area contributed by atoms with Crippen LogP contribution in [0.4, 0.5) is 35.1 Å². The van der Waals surface area contributed by atoms with Crippen LogP contribution in [0, 0.1) is 46.5 Å². The molecule has 0 unspecified atom stereocenters. The summed E-state index contributed by atoms with van der Waals surface area (Å²) in [5, 5.41) is 0. The summed E-state index contributed by atoms with van der Waals surface area (Å²) in [5.74, 6) is -12.7. The van der Waals surface area contributed by atoms with Crippen LogP contribution in [-0.4, -0.2) is 36.8 Å². The van der Waals surface area contributed by atoms with E-state index in [1.165, 1.54) is 24.3 Å². The van der Waals surface area contributed by atoms with E-state index in [1.807, 2.05) is 0 Å². The molecule has 0 amide bonds. The average Bonchev–Trinajstić information content (AvgIpc) is 2.90. The normalized spacial score (nSPS) is 14.3. The van der Waals surface area contributed by atoms with E-state index in [4.69, 9.17) is 4.74 Å². The molecule has 11 heteroatoms. The fourth-order valence-electron chi connectivity index (χ4n) is 5.97. The summed E-state index contributed by atoms with van der Waals surface area (Å²) in [6.07, 6.45) is 0. The number of hydrogen-bond acceptors (Lipinski definition) is 1. The molecule has 0 atom stereocenters. The van der Waals surface area contributed by atoms with Crippen LogP contribution in [0.1, 0.15) is 25.0 Å². The molecular weight excluding hydrogens is 802 g/mol. The molecule has 1 aliphatic rings. The van der Waals surface area contributed by atoms with Crippen molar-refractivity contribution in [3.63, 3.8) is 0 Å². The molecule has 0 saturated heterocycles. The van der Waals surface area contributed by atoms with Crippen molar-refractivity contribution in [3.8, 4) is 33.8 Å². The van der Waals surface area contributed by atoms with Crippen LogP contribution in [0.15, 0.2) is 36.4 Å². The van der Waals surface area contributed by atoms with Gasteiger partial charge in [0, 0.05) is 0 Å². The molecule has 0 radical (unpaired) electrons. The molecule has 0 aliphatic carbocycles. The minimum absolute atomic E-state index is 0.217. The van der Waals surface area contributed by atoms with Gasteiger partial charge in [0.1, 0.15) is 0 Å². The molecular formula is C33H30F8OSn2. The molecule has 44 heavy (non-hydrogen) atoms. The van der Waals surface area contributed by atoms with E-state index >= 15 is 35.1 Å². The summed E-state index contributed by atoms with van der Waals surface area (Å²) in [5.41, 5.74) is -3.02. The first kappa shape index (κ1) is 33.1. The Morgan fingerprint density at radius 3 is 1.05 bits per heavy atom. The zero-order chi connectivity index (χ0) is 32.8. The minimum atomic E-state index is -3.70. The summed E-state index contributed by atoms with van der Waals surface area (Å²) in [4.78, 5) is 9.69. The van der Waals surface area contributed by atoms with Gasteiger partial charge < -0.3 is 0 Å². The van der Waals surface area contributed by atoms with E-state index < -0.39 is 107 Å². The quantitative estimate of drug-likeness (QED) is 0.113. The Balaban J connectivity index is 1.82. The zero-order valence-corrected chi connectivity index (χ0v) is 31.1. The molecule has 0 bridgehead atoms. The van der Waals surface area contributed by atoms with E-state index in [-0.39, 0.29) is 22.6 Å². The molecule has 0 aromatic heterocycles. The molecule has 4 aromatic carbocycles. The van der Waals surface area contributed by atoms with E-state index in [1.54, 1.807) is 55.6 Å². The second-order valence-corrected chi connectivity index (χ2v) is 42.1. The number of benzene rings is 4. The van der Waals surface area contributed by atoms with Crippen LogP contribution in [0.3, 0.4) is 0 Å². The fourth-order valence-corrected chi connectivity index (χ4v) is 14.7. The molecule has 0 saturated carbocycles.